The molecule has 0 fully saturated rings. The van der Waals surface area contributed by atoms with Gasteiger partial charge in [0.2, 0.25) is 23.6 Å². The molecule has 1 aromatic heterocycles. The summed E-state index contributed by atoms with van der Waals surface area (Å²) in [6, 6.07) is 11.7. The number of fused-ring (bicyclic) bond motifs is 1. The van der Waals surface area contributed by atoms with Gasteiger partial charge in [0.05, 0.1) is 12.5 Å². The van der Waals surface area contributed by atoms with E-state index in [1.165, 1.54) is 11.8 Å². The SMILES string of the molecule is CSCCC(NC(=O)C(N)Cc1c[nH]c2ccccc12)C(=O)NC(CC(=O)O)C(=O)NC(Cc1ccccc1)C(N)=O.Cl. The lowest BCUT2D eigenvalue weighted by Crippen LogP contribution is -2.58. The molecule has 4 atom stereocenters. The number of H-pyrrole nitrogens is 1. The Bertz CT molecular complexity index is 1400. The zero-order valence-electron chi connectivity index (χ0n) is 23.6. The first-order chi connectivity index (χ1) is 20.1. The van der Waals surface area contributed by atoms with Crippen molar-refractivity contribution in [2.45, 2.75) is 49.9 Å². The molecule has 43 heavy (non-hydrogen) atoms. The molecule has 1 heterocycles. The van der Waals surface area contributed by atoms with Crippen molar-refractivity contribution in [2.24, 2.45) is 11.5 Å². The second-order valence-electron chi connectivity index (χ2n) is 9.83. The number of primary amides is 1. The maximum atomic E-state index is 13.3. The van der Waals surface area contributed by atoms with Crippen LogP contribution in [0.1, 0.15) is 24.0 Å². The van der Waals surface area contributed by atoms with Crippen LogP contribution in [0.4, 0.5) is 0 Å². The highest BCUT2D eigenvalue weighted by Gasteiger charge is 2.31. The number of aromatic nitrogens is 1. The smallest absolute Gasteiger partial charge is 0.305 e. The van der Waals surface area contributed by atoms with Gasteiger partial charge in [-0.25, -0.2) is 0 Å². The third kappa shape index (κ3) is 10.6. The standard InChI is InChI=1S/C29H36N6O6S.ClH/c1-42-12-11-22(33-27(39)20(30)14-18-16-32-21-10-6-5-9-19(18)21)28(40)35-24(15-25(36)37)29(41)34-23(26(31)38)13-17-7-3-2-4-8-17;/h2-10,16,20,22-24,32H,11-15,30H2,1H3,(H2,31,38)(H,33,39)(H,34,41)(H,35,40)(H,36,37);1H. The van der Waals surface area contributed by atoms with E-state index >= 15 is 0 Å². The third-order valence-electron chi connectivity index (χ3n) is 6.65. The molecule has 9 N–H and O–H groups in total. The molecule has 3 rings (SSSR count). The van der Waals surface area contributed by atoms with Gasteiger partial charge >= 0.3 is 5.97 Å². The molecule has 12 nitrogen and oxygen atoms in total. The van der Waals surface area contributed by atoms with Crippen molar-refractivity contribution in [3.63, 3.8) is 0 Å². The first-order valence-electron chi connectivity index (χ1n) is 13.3. The lowest BCUT2D eigenvalue weighted by Gasteiger charge is -2.25. The zero-order valence-corrected chi connectivity index (χ0v) is 25.2. The van der Waals surface area contributed by atoms with Crippen LogP contribution in [0.5, 0.6) is 0 Å². The van der Waals surface area contributed by atoms with Crippen molar-refractivity contribution in [3.05, 3.63) is 71.9 Å². The zero-order chi connectivity index (χ0) is 30.6. The molecule has 14 heteroatoms. The van der Waals surface area contributed by atoms with Crippen molar-refractivity contribution < 1.29 is 29.1 Å². The summed E-state index contributed by atoms with van der Waals surface area (Å²) in [7, 11) is 0. The normalized spacial score (nSPS) is 13.5. The van der Waals surface area contributed by atoms with Crippen LogP contribution in [-0.2, 0) is 36.8 Å². The van der Waals surface area contributed by atoms with E-state index in [0.717, 1.165) is 22.0 Å². The van der Waals surface area contributed by atoms with Gasteiger partial charge in [-0.3, -0.25) is 24.0 Å². The summed E-state index contributed by atoms with van der Waals surface area (Å²) in [5, 5.41) is 17.9. The van der Waals surface area contributed by atoms with Gasteiger partial charge in [-0.05, 0) is 42.0 Å². The molecule has 232 valence electrons. The Kier molecular flexibility index (Phi) is 14.0. The molecule has 3 aromatic rings. The van der Waals surface area contributed by atoms with E-state index in [1.54, 1.807) is 36.5 Å². The van der Waals surface area contributed by atoms with Crippen molar-refractivity contribution >= 4 is 64.7 Å². The largest absolute Gasteiger partial charge is 0.481 e. The van der Waals surface area contributed by atoms with Crippen LogP contribution >= 0.6 is 24.2 Å². The fraction of sp³-hybridized carbons (Fsp3) is 0.345. The summed E-state index contributed by atoms with van der Waals surface area (Å²) in [4.78, 5) is 66.1. The number of aliphatic carboxylic acids is 1. The fourth-order valence-electron chi connectivity index (χ4n) is 4.41. The molecule has 0 spiro atoms. The highest BCUT2D eigenvalue weighted by atomic mass is 35.5. The lowest BCUT2D eigenvalue weighted by molar-refractivity contribution is -0.141. The Labute approximate surface area is 259 Å². The fourth-order valence-corrected chi connectivity index (χ4v) is 4.89. The third-order valence-corrected chi connectivity index (χ3v) is 7.29. The number of nitrogens with one attached hydrogen (secondary N) is 4. The number of benzene rings is 2. The molecule has 0 saturated heterocycles. The summed E-state index contributed by atoms with van der Waals surface area (Å²) in [6.07, 6.45) is 3.36. The quantitative estimate of drug-likeness (QED) is 0.120. The highest BCUT2D eigenvalue weighted by molar-refractivity contribution is 7.98. The first kappa shape index (κ1) is 35.1. The number of carboxylic acids is 1. The number of amides is 4. The van der Waals surface area contributed by atoms with Gasteiger partial charge in [-0.1, -0.05) is 48.5 Å². The minimum Gasteiger partial charge on any atom is -0.481 e. The Balaban J connectivity index is 0.00000645. The van der Waals surface area contributed by atoms with Crippen molar-refractivity contribution in [3.8, 4) is 0 Å². The number of carbonyl (C=O) groups is 5. The van der Waals surface area contributed by atoms with Crippen LogP contribution in [0.2, 0.25) is 0 Å². The average Bonchev–Trinajstić information content (AvgIpc) is 3.37. The number of para-hydroxylation sites is 1. The molecule has 0 radical (unpaired) electrons. The first-order valence-corrected chi connectivity index (χ1v) is 14.7. The van der Waals surface area contributed by atoms with E-state index < -0.39 is 60.2 Å². The van der Waals surface area contributed by atoms with Gasteiger partial charge in [0.25, 0.3) is 0 Å². The van der Waals surface area contributed by atoms with Crippen LogP contribution in [0.15, 0.2) is 60.8 Å². The van der Waals surface area contributed by atoms with Crippen molar-refractivity contribution in [1.82, 2.24) is 20.9 Å². The highest BCUT2D eigenvalue weighted by Crippen LogP contribution is 2.19. The summed E-state index contributed by atoms with van der Waals surface area (Å²) in [6.45, 7) is 0. The Morgan fingerprint density at radius 2 is 1.47 bits per heavy atom. The predicted octanol–water partition coefficient (Wildman–Crippen LogP) is 0.870. The van der Waals surface area contributed by atoms with Gasteiger partial charge in [0.1, 0.15) is 18.1 Å². The summed E-state index contributed by atoms with van der Waals surface area (Å²) < 4.78 is 0. The van der Waals surface area contributed by atoms with Gasteiger partial charge in [0, 0.05) is 23.5 Å². The monoisotopic (exact) mass is 632 g/mol. The second kappa shape index (κ2) is 17.1. The molecule has 0 bridgehead atoms. The Morgan fingerprint density at radius 1 is 0.860 bits per heavy atom. The van der Waals surface area contributed by atoms with Gasteiger partial charge < -0.3 is 37.5 Å². The van der Waals surface area contributed by atoms with Crippen LogP contribution in [0.25, 0.3) is 10.9 Å². The molecule has 4 unspecified atom stereocenters. The number of carboxylic acid groups (broad SMARTS) is 1. The minimum absolute atomic E-state index is 0. The van der Waals surface area contributed by atoms with Crippen LogP contribution < -0.4 is 27.4 Å². The number of carbonyl (C=O) groups excluding carboxylic acids is 4. The van der Waals surface area contributed by atoms with E-state index in [9.17, 15) is 29.1 Å². The number of rotatable bonds is 16. The molecule has 4 amide bonds. The number of nitrogens with two attached hydrogens (primary N) is 2. The molecule has 0 aliphatic carbocycles. The maximum absolute atomic E-state index is 13.3. The summed E-state index contributed by atoms with van der Waals surface area (Å²) in [5.74, 6) is -3.89. The average molecular weight is 633 g/mol. The van der Waals surface area contributed by atoms with Crippen molar-refractivity contribution in [1.29, 1.82) is 0 Å². The molecule has 0 aliphatic rings. The van der Waals surface area contributed by atoms with Gasteiger partial charge in [0.15, 0.2) is 0 Å². The van der Waals surface area contributed by atoms with Crippen LogP contribution in [-0.4, -0.2) is 75.9 Å². The van der Waals surface area contributed by atoms with E-state index in [0.29, 0.717) is 5.75 Å². The predicted molar refractivity (Wildman–Crippen MR) is 168 cm³/mol. The number of halogens is 1. The lowest BCUT2D eigenvalue weighted by atomic mass is 10.0. The van der Waals surface area contributed by atoms with Crippen LogP contribution in [0, 0.1) is 0 Å². The summed E-state index contributed by atoms with van der Waals surface area (Å²) in [5.41, 5.74) is 14.1. The molecule has 0 aliphatic heterocycles. The topological polar surface area (TPSA) is 209 Å². The van der Waals surface area contributed by atoms with E-state index in [1.807, 2.05) is 30.5 Å². The molecular formula is C29H37ClN6O6S. The Hall–Kier alpha value is -4.07. The molecule has 0 saturated carbocycles. The number of hydrogen-bond acceptors (Lipinski definition) is 7. The minimum atomic E-state index is -1.53. The van der Waals surface area contributed by atoms with E-state index in [4.69, 9.17) is 11.5 Å². The second-order valence-corrected chi connectivity index (χ2v) is 10.8. The van der Waals surface area contributed by atoms with E-state index in [-0.39, 0.29) is 31.7 Å². The van der Waals surface area contributed by atoms with E-state index in [2.05, 4.69) is 20.9 Å². The molecule has 2 aromatic carbocycles. The van der Waals surface area contributed by atoms with Gasteiger partial charge in [-0.15, -0.1) is 12.4 Å². The van der Waals surface area contributed by atoms with Crippen LogP contribution in [0.3, 0.4) is 0 Å². The summed E-state index contributed by atoms with van der Waals surface area (Å²) >= 11 is 1.44. The number of aromatic amines is 1. The van der Waals surface area contributed by atoms with Crippen molar-refractivity contribution in [2.75, 3.05) is 12.0 Å². The number of thioether (sulfide) groups is 1. The van der Waals surface area contributed by atoms with Gasteiger partial charge in [-0.2, -0.15) is 11.8 Å². The number of hydrogen-bond donors (Lipinski definition) is 7. The molecular weight excluding hydrogens is 596 g/mol. The Morgan fingerprint density at radius 3 is 2.12 bits per heavy atom. The maximum Gasteiger partial charge on any atom is 0.305 e.